The molecule has 6 aliphatic rings. The molecule has 7 bridgehead atoms. The molecule has 0 aromatic carbocycles. The van der Waals surface area contributed by atoms with E-state index in [1.807, 2.05) is 6.92 Å². The van der Waals surface area contributed by atoms with E-state index in [9.17, 15) is 25.5 Å². The van der Waals surface area contributed by atoms with Crippen LogP contribution in [-0.4, -0.2) is 106 Å². The number of nitrogens with zero attached hydrogens (tertiary/aromatic N) is 1. The molecule has 0 aromatic heterocycles. The number of hydrogen-bond donors (Lipinski definition) is 5. The summed E-state index contributed by atoms with van der Waals surface area (Å²) in [5.41, 5.74) is -4.76. The van der Waals surface area contributed by atoms with Crippen LogP contribution in [0.2, 0.25) is 0 Å². The molecule has 176 valence electrons. The number of aliphatic hydroxyl groups excluding tert-OH is 3. The van der Waals surface area contributed by atoms with Gasteiger partial charge in [-0.2, -0.15) is 0 Å². The third kappa shape index (κ3) is 1.93. The lowest BCUT2D eigenvalue weighted by molar-refractivity contribution is -0.316. The average molecular weight is 440 g/mol. The molecule has 6 fully saturated rings. The molecule has 5 saturated carbocycles. The van der Waals surface area contributed by atoms with Crippen molar-refractivity contribution in [2.75, 3.05) is 33.9 Å². The third-order valence-electron chi connectivity index (χ3n) is 11.0. The van der Waals surface area contributed by atoms with Gasteiger partial charge in [-0.3, -0.25) is 4.90 Å². The van der Waals surface area contributed by atoms with Gasteiger partial charge in [-0.05, 0) is 31.7 Å². The molecule has 8 heteroatoms. The number of hydrogen-bond acceptors (Lipinski definition) is 8. The number of fused-ring (bicyclic) bond motifs is 2. The SMILES string of the molecule is CCN1C[C@]2(COC)CC[C@H](O)[C@]34C1[C@](O)([C@@H](O)[C@H]23)[C@@]1(O)C[C@H](OC)[C@H]2C[C@@H]4[C@@H]1[C@H]2O. The molecule has 13 atom stereocenters. The molecule has 1 saturated heterocycles. The van der Waals surface area contributed by atoms with Gasteiger partial charge >= 0.3 is 0 Å². The molecule has 5 N–H and O–H groups in total. The van der Waals surface area contributed by atoms with Gasteiger partial charge in [0, 0.05) is 55.8 Å². The quantitative estimate of drug-likeness (QED) is 0.377. The van der Waals surface area contributed by atoms with Crippen LogP contribution in [0.3, 0.4) is 0 Å². The van der Waals surface area contributed by atoms with E-state index in [1.54, 1.807) is 14.2 Å². The maximum Gasteiger partial charge on any atom is 0.136 e. The lowest BCUT2D eigenvalue weighted by Crippen LogP contribution is -2.81. The number of aliphatic hydroxyl groups is 5. The molecule has 1 spiro atoms. The predicted octanol–water partition coefficient (Wildman–Crippen LogP) is -1.04. The first kappa shape index (κ1) is 21.2. The predicted molar refractivity (Wildman–Crippen MR) is 109 cm³/mol. The van der Waals surface area contributed by atoms with Crippen LogP contribution in [0.5, 0.6) is 0 Å². The van der Waals surface area contributed by atoms with E-state index >= 15 is 0 Å². The van der Waals surface area contributed by atoms with E-state index in [0.29, 0.717) is 39.0 Å². The number of piperidine rings is 1. The average Bonchev–Trinajstić information content (AvgIpc) is 3.10. The van der Waals surface area contributed by atoms with Gasteiger partial charge in [0.15, 0.2) is 0 Å². The van der Waals surface area contributed by atoms with Gasteiger partial charge in [0.25, 0.3) is 0 Å². The Morgan fingerprint density at radius 3 is 2.52 bits per heavy atom. The summed E-state index contributed by atoms with van der Waals surface area (Å²) >= 11 is 0. The molecular formula is C23H37NO7. The maximum absolute atomic E-state index is 12.5. The van der Waals surface area contributed by atoms with E-state index in [1.165, 1.54) is 0 Å². The van der Waals surface area contributed by atoms with Crippen molar-refractivity contribution in [1.82, 2.24) is 4.90 Å². The molecule has 1 heterocycles. The van der Waals surface area contributed by atoms with Crippen molar-refractivity contribution < 1.29 is 35.0 Å². The second-order valence-corrected chi connectivity index (χ2v) is 11.5. The molecule has 6 rings (SSSR count). The Bertz CT molecular complexity index is 783. The topological polar surface area (TPSA) is 123 Å². The Labute approximate surface area is 183 Å². The smallest absolute Gasteiger partial charge is 0.136 e. The van der Waals surface area contributed by atoms with Crippen molar-refractivity contribution >= 4 is 0 Å². The number of likely N-dealkylation sites (N-methyl/N-ethyl adjacent to an activating group) is 1. The summed E-state index contributed by atoms with van der Waals surface area (Å²) in [6, 6.07) is -0.571. The minimum atomic E-state index is -1.86. The first-order valence-corrected chi connectivity index (χ1v) is 11.9. The summed E-state index contributed by atoms with van der Waals surface area (Å²) in [6.45, 7) is 3.77. The molecule has 8 nitrogen and oxygen atoms in total. The Balaban J connectivity index is 1.65. The zero-order valence-electron chi connectivity index (χ0n) is 18.6. The second kappa shape index (κ2) is 6.21. The van der Waals surface area contributed by atoms with Crippen LogP contribution in [0, 0.1) is 34.5 Å². The summed E-state index contributed by atoms with van der Waals surface area (Å²) in [7, 11) is 3.24. The molecule has 0 amide bonds. The fourth-order valence-corrected chi connectivity index (χ4v) is 10.4. The van der Waals surface area contributed by atoms with Gasteiger partial charge in [-0.25, -0.2) is 0 Å². The van der Waals surface area contributed by atoms with Crippen LogP contribution >= 0.6 is 0 Å². The standard InChI is InChI=1S/C23H37NO7/c1-4-24-9-20(10-30-2)6-5-14(25)22-12-7-11-13(31-3)8-21(28,15(12)16(11)26)23(29,19(22)24)18(27)17(20)22/h11-19,25-29H,4-10H2,1-3H3/t11-,12-,13+,14+,15-,16+,17-,18+,19?,20+,21-,22+,23-/m1/s1. The van der Waals surface area contributed by atoms with Crippen molar-refractivity contribution in [2.45, 2.75) is 74.3 Å². The highest BCUT2D eigenvalue weighted by Crippen LogP contribution is 2.79. The summed E-state index contributed by atoms with van der Waals surface area (Å²) in [5, 5.41) is 59.6. The lowest BCUT2D eigenvalue weighted by atomic mass is 9.42. The van der Waals surface area contributed by atoms with Crippen molar-refractivity contribution in [3.8, 4) is 0 Å². The Morgan fingerprint density at radius 1 is 1.13 bits per heavy atom. The minimum absolute atomic E-state index is 0.142. The largest absolute Gasteiger partial charge is 0.392 e. The highest BCUT2D eigenvalue weighted by atomic mass is 16.5. The van der Waals surface area contributed by atoms with Crippen molar-refractivity contribution in [1.29, 1.82) is 0 Å². The normalized spacial score (nSPS) is 64.1. The van der Waals surface area contributed by atoms with E-state index < -0.39 is 64.3 Å². The molecule has 0 radical (unpaired) electrons. The van der Waals surface area contributed by atoms with E-state index in [0.717, 1.165) is 0 Å². The maximum atomic E-state index is 12.5. The Hall–Kier alpha value is -0.320. The highest BCUT2D eigenvalue weighted by Gasteiger charge is 2.90. The van der Waals surface area contributed by atoms with Crippen LogP contribution in [0.25, 0.3) is 0 Å². The minimum Gasteiger partial charge on any atom is -0.392 e. The van der Waals surface area contributed by atoms with Crippen LogP contribution in [0.4, 0.5) is 0 Å². The molecule has 31 heavy (non-hydrogen) atoms. The molecular weight excluding hydrogens is 402 g/mol. The zero-order chi connectivity index (χ0) is 22.1. The summed E-state index contributed by atoms with van der Waals surface area (Å²) in [4.78, 5) is 2.18. The molecule has 0 aromatic rings. The summed E-state index contributed by atoms with van der Waals surface area (Å²) in [6.07, 6.45) is -1.06. The van der Waals surface area contributed by atoms with Gasteiger partial charge in [0.2, 0.25) is 0 Å². The molecule has 5 aliphatic carbocycles. The van der Waals surface area contributed by atoms with E-state index in [2.05, 4.69) is 4.90 Å². The number of ether oxygens (including phenoxy) is 2. The summed E-state index contributed by atoms with van der Waals surface area (Å²) in [5.74, 6) is -1.33. The first-order chi connectivity index (χ1) is 14.7. The third-order valence-corrected chi connectivity index (χ3v) is 11.0. The van der Waals surface area contributed by atoms with Crippen molar-refractivity contribution in [2.24, 2.45) is 34.5 Å². The first-order valence-electron chi connectivity index (χ1n) is 11.9. The fraction of sp³-hybridized carbons (Fsp3) is 1.00. The number of likely N-dealkylation sites (tertiary alicyclic amines) is 1. The van der Waals surface area contributed by atoms with Crippen LogP contribution < -0.4 is 0 Å². The van der Waals surface area contributed by atoms with Crippen molar-refractivity contribution in [3.63, 3.8) is 0 Å². The molecule has 1 unspecified atom stereocenters. The Morgan fingerprint density at radius 2 is 1.87 bits per heavy atom. The molecule has 1 aliphatic heterocycles. The number of methoxy groups -OCH3 is 2. The van der Waals surface area contributed by atoms with E-state index in [-0.39, 0.29) is 18.3 Å². The number of rotatable bonds is 4. The van der Waals surface area contributed by atoms with Gasteiger partial charge < -0.3 is 35.0 Å². The van der Waals surface area contributed by atoms with Crippen LogP contribution in [0.15, 0.2) is 0 Å². The summed E-state index contributed by atoms with van der Waals surface area (Å²) < 4.78 is 11.4. The Kier molecular flexibility index (Phi) is 4.26. The van der Waals surface area contributed by atoms with E-state index in [4.69, 9.17) is 9.47 Å². The van der Waals surface area contributed by atoms with Crippen molar-refractivity contribution in [3.05, 3.63) is 0 Å². The highest BCUT2D eigenvalue weighted by molar-refractivity contribution is 5.41. The fourth-order valence-electron chi connectivity index (χ4n) is 10.4. The monoisotopic (exact) mass is 439 g/mol. The van der Waals surface area contributed by atoms with Crippen LogP contribution in [0.1, 0.15) is 32.6 Å². The second-order valence-electron chi connectivity index (χ2n) is 11.5. The lowest BCUT2D eigenvalue weighted by Gasteiger charge is -2.69. The van der Waals surface area contributed by atoms with Crippen LogP contribution in [-0.2, 0) is 9.47 Å². The van der Waals surface area contributed by atoms with Gasteiger partial charge in [-0.1, -0.05) is 6.92 Å². The van der Waals surface area contributed by atoms with Gasteiger partial charge in [0.05, 0.1) is 37.1 Å². The zero-order valence-corrected chi connectivity index (χ0v) is 18.6. The van der Waals surface area contributed by atoms with Gasteiger partial charge in [0.1, 0.15) is 11.2 Å². The van der Waals surface area contributed by atoms with Gasteiger partial charge in [-0.15, -0.1) is 0 Å².